The van der Waals surface area contributed by atoms with Gasteiger partial charge in [-0.25, -0.2) is 0 Å². The molecule has 0 aromatic heterocycles. The smallest absolute Gasteiger partial charge is 0.239 e. The molecule has 0 radical (unpaired) electrons. The lowest BCUT2D eigenvalue weighted by atomic mass is 10.0. The van der Waals surface area contributed by atoms with Gasteiger partial charge < -0.3 is 10.1 Å². The maximum absolute atomic E-state index is 12.0. The topological polar surface area (TPSA) is 65.6 Å². The summed E-state index contributed by atoms with van der Waals surface area (Å²) in [6.07, 6.45) is 0.829. The number of ether oxygens (including phenoxy) is 1. The molecule has 3 N–H and O–H groups in total. The minimum Gasteiger partial charge on any atom is -0.373 e. The Labute approximate surface area is 161 Å². The normalized spacial score (nSPS) is 20.7. The zero-order chi connectivity index (χ0) is 19.1. The van der Waals surface area contributed by atoms with Crippen LogP contribution in [0.1, 0.15) is 45.6 Å². The summed E-state index contributed by atoms with van der Waals surface area (Å²) in [7, 11) is 0. The second-order valence-corrected chi connectivity index (χ2v) is 7.58. The molecule has 1 saturated heterocycles. The predicted molar refractivity (Wildman–Crippen MR) is 109 cm³/mol. The highest BCUT2D eigenvalue weighted by Crippen LogP contribution is 2.17. The fourth-order valence-corrected chi connectivity index (χ4v) is 3.20. The minimum atomic E-state index is -0.0869. The predicted octanol–water partition coefficient (Wildman–Crippen LogP) is 2.63. The molecule has 0 bridgehead atoms. The molecule has 2 atom stereocenters. The van der Waals surface area contributed by atoms with Crippen LogP contribution in [0, 0.1) is 0 Å². The Bertz CT molecular complexity index is 596. The average Bonchev–Trinajstić information content (AvgIpc) is 2.58. The second kappa shape index (κ2) is 9.85. The average molecular weight is 379 g/mol. The lowest BCUT2D eigenvalue weighted by Crippen LogP contribution is -2.48. The van der Waals surface area contributed by atoms with Gasteiger partial charge in [0.25, 0.3) is 0 Å². The van der Waals surface area contributed by atoms with E-state index in [0.717, 1.165) is 18.8 Å². The number of nitrogens with zero attached hydrogens (tertiary/aromatic N) is 1. The summed E-state index contributed by atoms with van der Waals surface area (Å²) in [5.41, 5.74) is 7.55. The fraction of sp³-hybridized carbons (Fsp3) is 0.579. The number of hydrogen-bond donors (Lipinski definition) is 3. The maximum atomic E-state index is 12.0. The van der Waals surface area contributed by atoms with E-state index in [9.17, 15) is 4.79 Å². The molecule has 1 aliphatic heterocycles. The van der Waals surface area contributed by atoms with Crippen molar-refractivity contribution in [3.05, 3.63) is 29.8 Å². The third-order valence-electron chi connectivity index (χ3n) is 4.30. The molecule has 6 nitrogen and oxygen atoms in total. The van der Waals surface area contributed by atoms with Gasteiger partial charge in [-0.05, 0) is 49.7 Å². The number of rotatable bonds is 5. The summed E-state index contributed by atoms with van der Waals surface area (Å²) in [6.45, 7) is 10.9. The van der Waals surface area contributed by atoms with Crippen LogP contribution in [0.3, 0.4) is 0 Å². The first-order valence-electron chi connectivity index (χ1n) is 9.17. The quantitative estimate of drug-likeness (QED) is 0.541. The van der Waals surface area contributed by atoms with E-state index in [2.05, 4.69) is 60.9 Å². The van der Waals surface area contributed by atoms with Crippen molar-refractivity contribution < 1.29 is 9.53 Å². The third-order valence-corrected chi connectivity index (χ3v) is 4.51. The van der Waals surface area contributed by atoms with Gasteiger partial charge in [-0.1, -0.05) is 26.0 Å². The highest BCUT2D eigenvalue weighted by molar-refractivity contribution is 7.80. The maximum Gasteiger partial charge on any atom is 0.239 e. The standard InChI is InChI=1S/C19H30N4O2S/c1-13(2)16-5-7-17(8-6-16)20-19(26)22-21-18(24)9-10-23-11-14(3)25-15(4)12-23/h5-8,13-15H,9-12H2,1-4H3,(H,21,24)(H2,20,22,26)/t14-,15+. The van der Waals surface area contributed by atoms with Crippen LogP contribution in [0.4, 0.5) is 5.69 Å². The number of nitrogens with one attached hydrogen (secondary N) is 3. The second-order valence-electron chi connectivity index (χ2n) is 7.17. The van der Waals surface area contributed by atoms with Crippen molar-refractivity contribution in [3.63, 3.8) is 0 Å². The zero-order valence-corrected chi connectivity index (χ0v) is 16.9. The van der Waals surface area contributed by atoms with Gasteiger partial charge in [0.15, 0.2) is 5.11 Å². The van der Waals surface area contributed by atoms with Gasteiger partial charge in [0, 0.05) is 31.7 Å². The van der Waals surface area contributed by atoms with Gasteiger partial charge in [0.1, 0.15) is 0 Å². The Kier molecular flexibility index (Phi) is 7.81. The molecule has 0 unspecified atom stereocenters. The van der Waals surface area contributed by atoms with E-state index in [1.54, 1.807) is 0 Å². The van der Waals surface area contributed by atoms with E-state index < -0.39 is 0 Å². The first-order chi connectivity index (χ1) is 12.3. The van der Waals surface area contributed by atoms with E-state index >= 15 is 0 Å². The number of hydrazine groups is 1. The third kappa shape index (κ3) is 6.90. The summed E-state index contributed by atoms with van der Waals surface area (Å²) in [5, 5.41) is 3.42. The molecule has 1 amide bonds. The number of thiocarbonyl (C=S) groups is 1. The number of morpholine rings is 1. The number of carbonyl (C=O) groups is 1. The van der Waals surface area contributed by atoms with Crippen LogP contribution in [0.5, 0.6) is 0 Å². The molecule has 0 spiro atoms. The number of hydrogen-bond acceptors (Lipinski definition) is 4. The van der Waals surface area contributed by atoms with Crippen molar-refractivity contribution in [1.82, 2.24) is 15.8 Å². The van der Waals surface area contributed by atoms with Crippen molar-refractivity contribution in [2.24, 2.45) is 0 Å². The van der Waals surface area contributed by atoms with Gasteiger partial charge in [-0.3, -0.25) is 20.5 Å². The Morgan fingerprint density at radius 3 is 2.38 bits per heavy atom. The molecule has 26 heavy (non-hydrogen) atoms. The monoisotopic (exact) mass is 378 g/mol. The highest BCUT2D eigenvalue weighted by atomic mass is 32.1. The van der Waals surface area contributed by atoms with Gasteiger partial charge in [-0.2, -0.15) is 0 Å². The van der Waals surface area contributed by atoms with E-state index in [1.807, 2.05) is 12.1 Å². The zero-order valence-electron chi connectivity index (χ0n) is 16.0. The van der Waals surface area contributed by atoms with Gasteiger partial charge in [0.05, 0.1) is 12.2 Å². The van der Waals surface area contributed by atoms with Crippen molar-refractivity contribution in [2.75, 3.05) is 25.0 Å². The summed E-state index contributed by atoms with van der Waals surface area (Å²) in [4.78, 5) is 14.3. The molecule has 1 aliphatic rings. The molecule has 1 aromatic carbocycles. The molecule has 0 aliphatic carbocycles. The SMILES string of the molecule is CC(C)c1ccc(NC(=S)NNC(=O)CCN2C[C@@H](C)O[C@@H](C)C2)cc1. The molecule has 1 fully saturated rings. The molecule has 1 heterocycles. The van der Waals surface area contributed by atoms with Gasteiger partial charge in [0.2, 0.25) is 5.91 Å². The Hall–Kier alpha value is -1.70. The largest absolute Gasteiger partial charge is 0.373 e. The number of anilines is 1. The summed E-state index contributed by atoms with van der Waals surface area (Å²) < 4.78 is 5.70. The Balaban J connectivity index is 1.67. The van der Waals surface area contributed by atoms with Crippen LogP contribution in [0.25, 0.3) is 0 Å². The Morgan fingerprint density at radius 1 is 1.19 bits per heavy atom. The summed E-state index contributed by atoms with van der Waals surface area (Å²) >= 11 is 5.22. The molecule has 2 rings (SSSR count). The molecule has 0 saturated carbocycles. The Morgan fingerprint density at radius 2 is 1.81 bits per heavy atom. The number of carbonyl (C=O) groups excluding carboxylic acids is 1. The van der Waals surface area contributed by atoms with Crippen molar-refractivity contribution >= 4 is 28.9 Å². The molecular weight excluding hydrogens is 348 g/mol. The van der Waals surface area contributed by atoms with Crippen molar-refractivity contribution in [2.45, 2.75) is 52.2 Å². The van der Waals surface area contributed by atoms with Crippen LogP contribution in [-0.4, -0.2) is 47.8 Å². The summed E-state index contributed by atoms with van der Waals surface area (Å²) in [6, 6.07) is 8.09. The molecule has 7 heteroatoms. The lowest BCUT2D eigenvalue weighted by Gasteiger charge is -2.35. The van der Waals surface area contributed by atoms with E-state index in [0.29, 0.717) is 24.0 Å². The van der Waals surface area contributed by atoms with Gasteiger partial charge in [-0.15, -0.1) is 0 Å². The highest BCUT2D eigenvalue weighted by Gasteiger charge is 2.22. The van der Waals surface area contributed by atoms with Crippen LogP contribution in [0.2, 0.25) is 0 Å². The minimum absolute atomic E-state index is 0.0869. The molecular formula is C19H30N4O2S. The lowest BCUT2D eigenvalue weighted by molar-refractivity contribution is -0.123. The molecule has 144 valence electrons. The first kappa shape index (κ1) is 20.6. The van der Waals surface area contributed by atoms with Crippen molar-refractivity contribution in [3.8, 4) is 0 Å². The number of benzene rings is 1. The number of amides is 1. The van der Waals surface area contributed by atoms with Gasteiger partial charge >= 0.3 is 0 Å². The fourth-order valence-electron chi connectivity index (χ4n) is 3.03. The van der Waals surface area contributed by atoms with Crippen LogP contribution in [0.15, 0.2) is 24.3 Å². The van der Waals surface area contributed by atoms with Crippen LogP contribution in [-0.2, 0) is 9.53 Å². The molecule has 1 aromatic rings. The van der Waals surface area contributed by atoms with Crippen LogP contribution >= 0.6 is 12.2 Å². The van der Waals surface area contributed by atoms with Crippen molar-refractivity contribution in [1.29, 1.82) is 0 Å². The van der Waals surface area contributed by atoms with Crippen LogP contribution < -0.4 is 16.2 Å². The van der Waals surface area contributed by atoms with E-state index in [-0.39, 0.29) is 18.1 Å². The van der Waals surface area contributed by atoms with E-state index in [4.69, 9.17) is 17.0 Å². The summed E-state index contributed by atoms with van der Waals surface area (Å²) in [5.74, 6) is 0.405. The first-order valence-corrected chi connectivity index (χ1v) is 9.58. The van der Waals surface area contributed by atoms with E-state index in [1.165, 1.54) is 5.56 Å².